The Kier molecular flexibility index (Phi) is 12.9. The molecular formula is C50H53N9O7S. The minimum Gasteiger partial charge on any atom is -0.384 e. The number of nitrogens with one attached hydrogen (secondary N) is 4. The van der Waals surface area contributed by atoms with Crippen molar-refractivity contribution in [1.29, 1.82) is 0 Å². The zero-order valence-corrected chi connectivity index (χ0v) is 38.6. The zero-order valence-electron chi connectivity index (χ0n) is 37.8. The molecular weight excluding hydrogens is 871 g/mol. The van der Waals surface area contributed by atoms with E-state index in [0.29, 0.717) is 53.8 Å². The molecule has 3 aromatic carbocycles. The lowest BCUT2D eigenvalue weighted by atomic mass is 9.99. The lowest BCUT2D eigenvalue weighted by Gasteiger charge is -2.39. The van der Waals surface area contributed by atoms with Gasteiger partial charge in [-0.3, -0.25) is 48.7 Å². The van der Waals surface area contributed by atoms with Gasteiger partial charge < -0.3 is 25.4 Å². The quantitative estimate of drug-likeness (QED) is 0.0733. The second kappa shape index (κ2) is 19.1. The molecule has 5 aromatic rings. The van der Waals surface area contributed by atoms with E-state index < -0.39 is 35.7 Å². The van der Waals surface area contributed by atoms with Crippen LogP contribution in [-0.2, 0) is 34.3 Å². The average molecular weight is 924 g/mol. The number of carbonyl (C=O) groups is 6. The Morgan fingerprint density at radius 3 is 2.39 bits per heavy atom. The SMILES string of the molecule is Cc1c(NC(=O)c2cc3c(s2)CCCC3)cccc1-c1cn(C)c(=O)c(Nc2ccc([C@@H]3C(=O)N(CCCCCNc4cccc5c4C(=O)N(C4CCC(=O)NC4=O)C5=O)CCN3C)cc2)n1. The topological polar surface area (TPSA) is 195 Å². The van der Waals surface area contributed by atoms with Gasteiger partial charge in [0.05, 0.1) is 21.7 Å². The minimum absolute atomic E-state index is 0.0164. The van der Waals surface area contributed by atoms with Crippen LogP contribution in [0.25, 0.3) is 11.3 Å². The smallest absolute Gasteiger partial charge is 0.293 e. The van der Waals surface area contributed by atoms with E-state index in [-0.39, 0.29) is 47.2 Å². The molecule has 4 N–H and O–H groups in total. The summed E-state index contributed by atoms with van der Waals surface area (Å²) in [5, 5.41) is 11.8. The number of rotatable bonds is 14. The maximum absolute atomic E-state index is 13.9. The van der Waals surface area contributed by atoms with Crippen LogP contribution >= 0.6 is 11.3 Å². The summed E-state index contributed by atoms with van der Waals surface area (Å²) in [6.45, 7) is 4.37. The monoisotopic (exact) mass is 923 g/mol. The number of carbonyl (C=O) groups excluding carboxylic acids is 6. The number of hydrogen-bond donors (Lipinski definition) is 4. The molecule has 2 atom stereocenters. The predicted octanol–water partition coefficient (Wildman–Crippen LogP) is 6.19. The van der Waals surface area contributed by atoms with Gasteiger partial charge in [-0.25, -0.2) is 4.98 Å². The summed E-state index contributed by atoms with van der Waals surface area (Å²) >= 11 is 1.57. The molecule has 0 saturated carbocycles. The maximum Gasteiger partial charge on any atom is 0.293 e. The second-order valence-corrected chi connectivity index (χ2v) is 18.8. The van der Waals surface area contributed by atoms with E-state index in [0.717, 1.165) is 66.5 Å². The maximum atomic E-state index is 13.9. The average Bonchev–Trinajstić information content (AvgIpc) is 3.87. The second-order valence-electron chi connectivity index (χ2n) is 17.7. The third-order valence-electron chi connectivity index (χ3n) is 13.2. The Morgan fingerprint density at radius 2 is 1.61 bits per heavy atom. The van der Waals surface area contributed by atoms with E-state index in [9.17, 15) is 33.6 Å². The first-order valence-corrected chi connectivity index (χ1v) is 23.7. The number of fused-ring (bicyclic) bond motifs is 2. The van der Waals surface area contributed by atoms with Crippen molar-refractivity contribution >= 4 is 69.7 Å². The number of piperidine rings is 1. The highest BCUT2D eigenvalue weighted by Gasteiger charge is 2.45. The molecule has 17 heteroatoms. The number of aromatic nitrogens is 2. The molecule has 2 saturated heterocycles. The highest BCUT2D eigenvalue weighted by molar-refractivity contribution is 7.14. The van der Waals surface area contributed by atoms with Crippen molar-refractivity contribution in [2.45, 2.75) is 76.8 Å². The van der Waals surface area contributed by atoms with Gasteiger partial charge in [-0.15, -0.1) is 11.3 Å². The van der Waals surface area contributed by atoms with Crippen LogP contribution in [0, 0.1) is 6.92 Å². The minimum atomic E-state index is -1.03. The summed E-state index contributed by atoms with van der Waals surface area (Å²) in [6.07, 6.45) is 8.54. The standard InChI is InChI=1S/C50H53N9O7S/c1-29-33(12-9-14-35(29)54-46(62)40-27-31-11-5-6-16-39(31)67-40)37-28-57(3)50(66)44(53-37)52-32-19-17-30(18-20-32)43-49(65)58(26-25-56(43)2)24-8-4-7-23-51-36-15-10-13-34-42(36)48(64)59(47(34)63)38-21-22-41(60)55-45(38)61/h9-10,12-15,17-20,27-28,38,43,51H,4-8,11,16,21-26H2,1-3H3,(H,52,53)(H,54,62)(H,55,60,61)/t38?,43-/m1/s1. The van der Waals surface area contributed by atoms with Gasteiger partial charge in [-0.1, -0.05) is 30.3 Å². The number of piperazine rings is 1. The molecule has 6 amide bonds. The lowest BCUT2D eigenvalue weighted by molar-refractivity contribution is -0.141. The molecule has 9 rings (SSSR count). The number of anilines is 4. The molecule has 0 bridgehead atoms. The van der Waals surface area contributed by atoms with Crippen molar-refractivity contribution in [3.8, 4) is 11.3 Å². The first kappa shape index (κ1) is 45.2. The highest BCUT2D eigenvalue weighted by Crippen LogP contribution is 2.35. The molecule has 2 fully saturated rings. The van der Waals surface area contributed by atoms with Gasteiger partial charge in [0.25, 0.3) is 23.3 Å². The molecule has 4 aliphatic rings. The van der Waals surface area contributed by atoms with Crippen molar-refractivity contribution in [2.24, 2.45) is 7.05 Å². The van der Waals surface area contributed by atoms with Crippen LogP contribution in [-0.4, -0.2) is 99.0 Å². The van der Waals surface area contributed by atoms with E-state index in [1.165, 1.54) is 15.0 Å². The number of thiophene rings is 1. The zero-order chi connectivity index (χ0) is 46.9. The van der Waals surface area contributed by atoms with Crippen LogP contribution in [0.4, 0.5) is 22.9 Å². The van der Waals surface area contributed by atoms with E-state index >= 15 is 0 Å². The number of unbranched alkanes of at least 4 members (excludes halogenated alkanes) is 2. The van der Waals surface area contributed by atoms with Crippen LogP contribution in [0.5, 0.6) is 0 Å². The predicted molar refractivity (Wildman–Crippen MR) is 256 cm³/mol. The van der Waals surface area contributed by atoms with Crippen LogP contribution in [0.2, 0.25) is 0 Å². The largest absolute Gasteiger partial charge is 0.384 e. The Hall–Kier alpha value is -6.98. The summed E-state index contributed by atoms with van der Waals surface area (Å²) in [5.74, 6) is -2.14. The summed E-state index contributed by atoms with van der Waals surface area (Å²) in [6, 6.07) is 18.7. The number of likely N-dealkylation sites (N-methyl/N-ethyl adjacent to an activating group) is 1. The molecule has 346 valence electrons. The summed E-state index contributed by atoms with van der Waals surface area (Å²) < 4.78 is 1.49. The van der Waals surface area contributed by atoms with Gasteiger partial charge in [0, 0.05) is 73.3 Å². The van der Waals surface area contributed by atoms with Gasteiger partial charge >= 0.3 is 0 Å². The summed E-state index contributed by atoms with van der Waals surface area (Å²) in [4.78, 5) is 103. The number of amides is 6. The van der Waals surface area contributed by atoms with Crippen LogP contribution in [0.3, 0.4) is 0 Å². The molecule has 1 unspecified atom stereocenters. The van der Waals surface area contributed by atoms with Crippen molar-refractivity contribution in [3.05, 3.63) is 121 Å². The van der Waals surface area contributed by atoms with Gasteiger partial charge in [-0.05, 0) is 118 Å². The van der Waals surface area contributed by atoms with Crippen molar-refractivity contribution in [3.63, 3.8) is 0 Å². The Bertz CT molecular complexity index is 2850. The third kappa shape index (κ3) is 9.12. The highest BCUT2D eigenvalue weighted by atomic mass is 32.1. The fraction of sp³-hybridized carbons (Fsp3) is 0.360. The Morgan fingerprint density at radius 1 is 0.851 bits per heavy atom. The number of imide groups is 2. The van der Waals surface area contributed by atoms with Crippen LogP contribution in [0.15, 0.2) is 77.7 Å². The van der Waals surface area contributed by atoms with E-state index in [1.54, 1.807) is 42.8 Å². The molecule has 16 nitrogen and oxygen atoms in total. The number of nitrogens with zero attached hydrogens (tertiary/aromatic N) is 5. The van der Waals surface area contributed by atoms with Gasteiger partial charge in [0.1, 0.15) is 12.1 Å². The Balaban J connectivity index is 0.788. The molecule has 0 spiro atoms. The molecule has 5 heterocycles. The summed E-state index contributed by atoms with van der Waals surface area (Å²) in [7, 11) is 3.62. The van der Waals surface area contributed by atoms with E-state index in [4.69, 9.17) is 4.98 Å². The Labute approximate surface area is 391 Å². The van der Waals surface area contributed by atoms with Crippen molar-refractivity contribution < 1.29 is 28.8 Å². The van der Waals surface area contributed by atoms with Gasteiger partial charge in [0.2, 0.25) is 17.7 Å². The first-order chi connectivity index (χ1) is 32.4. The van der Waals surface area contributed by atoms with Gasteiger partial charge in [-0.2, -0.15) is 0 Å². The van der Waals surface area contributed by atoms with Crippen molar-refractivity contribution in [2.75, 3.05) is 49.2 Å². The normalized spacial score (nSPS) is 18.5. The number of hydrogen-bond acceptors (Lipinski definition) is 12. The van der Waals surface area contributed by atoms with Crippen LogP contribution in [0.1, 0.15) is 103 Å². The molecule has 67 heavy (non-hydrogen) atoms. The molecule has 2 aromatic heterocycles. The van der Waals surface area contributed by atoms with E-state index in [1.807, 2.05) is 72.3 Å². The molecule has 1 aliphatic carbocycles. The van der Waals surface area contributed by atoms with Crippen molar-refractivity contribution in [1.82, 2.24) is 29.6 Å². The summed E-state index contributed by atoms with van der Waals surface area (Å²) in [5.41, 5.74) is 6.28. The first-order valence-electron chi connectivity index (χ1n) is 22.9. The molecule has 0 radical (unpaired) electrons. The van der Waals surface area contributed by atoms with Gasteiger partial charge in [0.15, 0.2) is 5.82 Å². The lowest BCUT2D eigenvalue weighted by Crippen LogP contribution is -2.54. The van der Waals surface area contributed by atoms with Crippen LogP contribution < -0.4 is 26.8 Å². The number of benzene rings is 3. The third-order valence-corrected chi connectivity index (χ3v) is 14.5. The fourth-order valence-electron chi connectivity index (χ4n) is 9.53. The number of aryl methyl sites for hydroxylation is 3. The van der Waals surface area contributed by atoms with E-state index in [2.05, 4.69) is 21.3 Å². The fourth-order valence-corrected chi connectivity index (χ4v) is 10.7. The molecule has 3 aliphatic heterocycles.